The molecule has 0 amide bonds. The number of nitriles is 1. The van der Waals surface area contributed by atoms with Crippen molar-refractivity contribution in [3.05, 3.63) is 53.5 Å². The molecule has 0 spiro atoms. The number of aromatic carboxylic acids is 1. The summed E-state index contributed by atoms with van der Waals surface area (Å²) >= 11 is 0. The summed E-state index contributed by atoms with van der Waals surface area (Å²) in [6.45, 7) is 0. The molecule has 1 aromatic heterocycles. The summed E-state index contributed by atoms with van der Waals surface area (Å²) in [4.78, 5) is 14.6. The molecule has 2 aromatic rings. The third-order valence-corrected chi connectivity index (χ3v) is 2.38. The van der Waals surface area contributed by atoms with Crippen molar-refractivity contribution in [2.75, 3.05) is 5.32 Å². The largest absolute Gasteiger partial charge is 0.478 e. The van der Waals surface area contributed by atoms with Crippen LogP contribution in [0, 0.1) is 17.1 Å². The number of anilines is 2. The van der Waals surface area contributed by atoms with Crippen molar-refractivity contribution in [1.29, 1.82) is 5.26 Å². The quantitative estimate of drug-likeness (QED) is 0.882. The second-order valence-corrected chi connectivity index (χ2v) is 3.66. The van der Waals surface area contributed by atoms with E-state index in [1.54, 1.807) is 0 Å². The van der Waals surface area contributed by atoms with Gasteiger partial charge in [-0.15, -0.1) is 0 Å². The topological polar surface area (TPSA) is 86.0 Å². The van der Waals surface area contributed by atoms with Gasteiger partial charge in [0.15, 0.2) is 0 Å². The maximum absolute atomic E-state index is 13.0. The lowest BCUT2D eigenvalue weighted by Crippen LogP contribution is -2.00. The molecule has 0 fully saturated rings. The number of nitrogens with zero attached hydrogens (tertiary/aromatic N) is 2. The van der Waals surface area contributed by atoms with Crippen LogP contribution in [0.15, 0.2) is 36.5 Å². The van der Waals surface area contributed by atoms with E-state index in [0.717, 1.165) is 6.07 Å². The van der Waals surface area contributed by atoms with Gasteiger partial charge in [0.1, 0.15) is 17.7 Å². The van der Waals surface area contributed by atoms with Gasteiger partial charge in [-0.2, -0.15) is 5.26 Å². The van der Waals surface area contributed by atoms with Gasteiger partial charge >= 0.3 is 5.97 Å². The molecule has 5 nitrogen and oxygen atoms in total. The molecule has 19 heavy (non-hydrogen) atoms. The minimum atomic E-state index is -1.07. The van der Waals surface area contributed by atoms with Crippen LogP contribution in [0.1, 0.15) is 15.9 Å². The normalized spacial score (nSPS) is 9.68. The van der Waals surface area contributed by atoms with E-state index in [1.807, 2.05) is 6.07 Å². The SMILES string of the molecule is N#Cc1cc(F)ccc1Nc1ccc(C(=O)O)cn1. The Labute approximate surface area is 108 Å². The summed E-state index contributed by atoms with van der Waals surface area (Å²) in [5.74, 6) is -1.21. The zero-order valence-corrected chi connectivity index (χ0v) is 9.59. The number of carbonyl (C=O) groups is 1. The molecule has 0 aliphatic heterocycles. The minimum Gasteiger partial charge on any atom is -0.478 e. The van der Waals surface area contributed by atoms with Crippen LogP contribution in [-0.2, 0) is 0 Å². The number of nitrogens with one attached hydrogen (secondary N) is 1. The fourth-order valence-electron chi connectivity index (χ4n) is 1.45. The summed E-state index contributed by atoms with van der Waals surface area (Å²) in [6.07, 6.45) is 1.19. The average molecular weight is 257 g/mol. The highest BCUT2D eigenvalue weighted by Crippen LogP contribution is 2.20. The Hall–Kier alpha value is -2.94. The van der Waals surface area contributed by atoms with Crippen molar-refractivity contribution in [3.63, 3.8) is 0 Å². The van der Waals surface area contributed by atoms with E-state index in [9.17, 15) is 9.18 Å². The Morgan fingerprint density at radius 1 is 1.37 bits per heavy atom. The summed E-state index contributed by atoms with van der Waals surface area (Å²) in [5.41, 5.74) is 0.605. The van der Waals surface area contributed by atoms with Crippen molar-refractivity contribution in [3.8, 4) is 6.07 Å². The number of benzene rings is 1. The molecule has 1 aromatic carbocycles. The van der Waals surface area contributed by atoms with Crippen LogP contribution in [0.3, 0.4) is 0 Å². The molecule has 2 rings (SSSR count). The Morgan fingerprint density at radius 2 is 2.16 bits per heavy atom. The standard InChI is InChI=1S/C13H8FN3O2/c14-10-2-3-11(9(5-10)6-15)17-12-4-1-8(7-16-12)13(18)19/h1-5,7H,(H,16,17)(H,18,19). The van der Waals surface area contributed by atoms with Crippen molar-refractivity contribution in [1.82, 2.24) is 4.98 Å². The van der Waals surface area contributed by atoms with Crippen molar-refractivity contribution in [2.24, 2.45) is 0 Å². The highest BCUT2D eigenvalue weighted by atomic mass is 19.1. The van der Waals surface area contributed by atoms with Crippen LogP contribution < -0.4 is 5.32 Å². The second-order valence-electron chi connectivity index (χ2n) is 3.66. The van der Waals surface area contributed by atoms with Crippen molar-refractivity contribution < 1.29 is 14.3 Å². The van der Waals surface area contributed by atoms with Crippen LogP contribution in [-0.4, -0.2) is 16.1 Å². The number of rotatable bonds is 3. The van der Waals surface area contributed by atoms with Gasteiger partial charge in [-0.1, -0.05) is 0 Å². The van der Waals surface area contributed by atoms with Crippen molar-refractivity contribution in [2.45, 2.75) is 0 Å². The summed E-state index contributed by atoms with van der Waals surface area (Å²) in [7, 11) is 0. The second kappa shape index (κ2) is 5.14. The van der Waals surface area contributed by atoms with Gasteiger partial charge in [-0.05, 0) is 30.3 Å². The molecule has 0 radical (unpaired) electrons. The highest BCUT2D eigenvalue weighted by molar-refractivity contribution is 5.87. The minimum absolute atomic E-state index is 0.0603. The van der Waals surface area contributed by atoms with Gasteiger partial charge in [-0.25, -0.2) is 14.2 Å². The zero-order valence-electron chi connectivity index (χ0n) is 9.59. The molecular formula is C13H8FN3O2. The average Bonchev–Trinajstić information content (AvgIpc) is 2.41. The predicted molar refractivity (Wildman–Crippen MR) is 65.6 cm³/mol. The lowest BCUT2D eigenvalue weighted by atomic mass is 10.2. The van der Waals surface area contributed by atoms with E-state index in [4.69, 9.17) is 10.4 Å². The van der Waals surface area contributed by atoms with E-state index in [2.05, 4.69) is 10.3 Å². The molecule has 0 saturated carbocycles. The molecular weight excluding hydrogens is 249 g/mol. The number of carboxylic acid groups (broad SMARTS) is 1. The Balaban J connectivity index is 2.26. The van der Waals surface area contributed by atoms with E-state index >= 15 is 0 Å². The maximum atomic E-state index is 13.0. The molecule has 0 unspecified atom stereocenters. The van der Waals surface area contributed by atoms with Crippen LogP contribution in [0.5, 0.6) is 0 Å². The third kappa shape index (κ3) is 2.84. The van der Waals surface area contributed by atoms with Crippen LogP contribution in [0.25, 0.3) is 0 Å². The van der Waals surface area contributed by atoms with Gasteiger partial charge in [0.25, 0.3) is 0 Å². The molecule has 0 atom stereocenters. The van der Waals surface area contributed by atoms with Gasteiger partial charge in [0.05, 0.1) is 16.8 Å². The first-order valence-electron chi connectivity index (χ1n) is 5.26. The van der Waals surface area contributed by atoms with E-state index in [-0.39, 0.29) is 11.1 Å². The molecule has 94 valence electrons. The number of pyridine rings is 1. The van der Waals surface area contributed by atoms with E-state index < -0.39 is 11.8 Å². The van der Waals surface area contributed by atoms with E-state index in [1.165, 1.54) is 30.5 Å². The number of halogens is 1. The molecule has 0 aliphatic rings. The predicted octanol–water partition coefficient (Wildman–Crippen LogP) is 2.53. The summed E-state index contributed by atoms with van der Waals surface area (Å²) in [6, 6.07) is 8.45. The fraction of sp³-hybridized carbons (Fsp3) is 0. The van der Waals surface area contributed by atoms with E-state index in [0.29, 0.717) is 11.5 Å². The first kappa shape index (κ1) is 12.5. The molecule has 1 heterocycles. The van der Waals surface area contributed by atoms with Gasteiger partial charge < -0.3 is 10.4 Å². The number of carboxylic acids is 1. The first-order valence-corrected chi connectivity index (χ1v) is 5.26. The lowest BCUT2D eigenvalue weighted by Gasteiger charge is -2.07. The number of hydrogen-bond donors (Lipinski definition) is 2. The van der Waals surface area contributed by atoms with Gasteiger partial charge in [-0.3, -0.25) is 0 Å². The highest BCUT2D eigenvalue weighted by Gasteiger charge is 2.06. The summed E-state index contributed by atoms with van der Waals surface area (Å²) < 4.78 is 13.0. The van der Waals surface area contributed by atoms with Crippen LogP contribution in [0.2, 0.25) is 0 Å². The molecule has 0 saturated heterocycles. The Bertz CT molecular complexity index is 663. The lowest BCUT2D eigenvalue weighted by molar-refractivity contribution is 0.0696. The molecule has 0 aliphatic carbocycles. The maximum Gasteiger partial charge on any atom is 0.337 e. The third-order valence-electron chi connectivity index (χ3n) is 2.38. The molecule has 2 N–H and O–H groups in total. The fourth-order valence-corrected chi connectivity index (χ4v) is 1.45. The number of hydrogen-bond acceptors (Lipinski definition) is 4. The smallest absolute Gasteiger partial charge is 0.337 e. The molecule has 0 bridgehead atoms. The number of aromatic nitrogens is 1. The first-order chi connectivity index (χ1) is 9.10. The Kier molecular flexibility index (Phi) is 3.39. The van der Waals surface area contributed by atoms with Crippen LogP contribution in [0.4, 0.5) is 15.9 Å². The zero-order chi connectivity index (χ0) is 13.8. The monoisotopic (exact) mass is 257 g/mol. The van der Waals surface area contributed by atoms with Crippen LogP contribution >= 0.6 is 0 Å². The van der Waals surface area contributed by atoms with Crippen molar-refractivity contribution >= 4 is 17.5 Å². The molecule has 6 heteroatoms. The van der Waals surface area contributed by atoms with Gasteiger partial charge in [0, 0.05) is 6.20 Å². The Morgan fingerprint density at radius 3 is 2.74 bits per heavy atom. The van der Waals surface area contributed by atoms with Gasteiger partial charge in [0.2, 0.25) is 0 Å². The summed E-state index contributed by atoms with van der Waals surface area (Å²) in [5, 5.41) is 20.4.